The Morgan fingerprint density at radius 1 is 0.571 bits per heavy atom. The monoisotopic (exact) mass is 406 g/mol. The first-order chi connectivity index (χ1) is 9.27. The number of benzene rings is 2. The molecule has 3 rings (SSSR count). The molecule has 0 bridgehead atoms. The third-order valence-electron chi connectivity index (χ3n) is 3.83. The van der Waals surface area contributed by atoms with Crippen LogP contribution in [0.25, 0.3) is 11.4 Å². The molecule has 0 atom stereocenters. The van der Waals surface area contributed by atoms with Crippen molar-refractivity contribution in [3.8, 4) is 0 Å². The molecule has 1 nitrogen and oxygen atoms in total. The lowest BCUT2D eigenvalue weighted by Gasteiger charge is -2.04. The molecule has 2 N–H and O–H groups in total. The predicted molar refractivity (Wildman–Crippen MR) is 80.0 cm³/mol. The molecule has 1 aliphatic heterocycles. The van der Waals surface area contributed by atoms with Crippen molar-refractivity contribution in [3.05, 3.63) is 82.9 Å². The number of allylic oxidation sites excluding steroid dienone is 2. The van der Waals surface area contributed by atoms with E-state index in [0.717, 1.165) is 0 Å². The number of hydrogen-bond donors (Lipinski definition) is 1. The quantitative estimate of drug-likeness (QED) is 0.563. The minimum atomic E-state index is 0. The van der Waals surface area contributed by atoms with Crippen LogP contribution in [0.3, 0.4) is 0 Å². The van der Waals surface area contributed by atoms with E-state index < -0.39 is 0 Å². The van der Waals surface area contributed by atoms with Gasteiger partial charge in [0.05, 0.1) is 0 Å². The highest BCUT2D eigenvalue weighted by Crippen LogP contribution is 2.28. The van der Waals surface area contributed by atoms with Crippen LogP contribution in [0.15, 0.2) is 71.8 Å². The lowest BCUT2D eigenvalue weighted by atomic mass is 10.0. The Kier molecular flexibility index (Phi) is 6.59. The summed E-state index contributed by atoms with van der Waals surface area (Å²) in [6, 6.07) is 21.2. The summed E-state index contributed by atoms with van der Waals surface area (Å²) < 4.78 is 0. The van der Waals surface area contributed by atoms with Crippen molar-refractivity contribution in [1.82, 2.24) is 0 Å². The molecular formula is C18H18Br2N-. The van der Waals surface area contributed by atoms with Gasteiger partial charge in [-0.15, -0.1) is 0 Å². The van der Waals surface area contributed by atoms with Gasteiger partial charge < -0.3 is 34.0 Å². The molecule has 1 heterocycles. The topological polar surface area (TPSA) is 16.6 Å². The second-order valence-corrected chi connectivity index (χ2v) is 4.95. The standard InChI is InChI=1S/C18H17N.2BrH/c1-13-14(2)18(16-11-7-4-8-12-16)19-17(13)15-9-5-3-6-10-15;;/h3-12,19H,1-2H3;2*1H/p-1. The molecule has 3 heteroatoms. The van der Waals surface area contributed by atoms with E-state index in [9.17, 15) is 0 Å². The van der Waals surface area contributed by atoms with E-state index in [1.54, 1.807) is 0 Å². The van der Waals surface area contributed by atoms with E-state index in [4.69, 9.17) is 0 Å². The number of rotatable bonds is 2. The van der Waals surface area contributed by atoms with E-state index in [-0.39, 0.29) is 34.0 Å². The van der Waals surface area contributed by atoms with E-state index in [1.807, 2.05) is 0 Å². The van der Waals surface area contributed by atoms with Gasteiger partial charge in [-0.25, -0.2) is 0 Å². The second kappa shape index (κ2) is 7.74. The van der Waals surface area contributed by atoms with Crippen LogP contribution in [-0.2, 0) is 0 Å². The van der Waals surface area contributed by atoms with E-state index in [0.29, 0.717) is 0 Å². The maximum atomic E-state index is 2.31. The molecule has 0 amide bonds. The van der Waals surface area contributed by atoms with Crippen molar-refractivity contribution >= 4 is 11.4 Å². The second-order valence-electron chi connectivity index (χ2n) is 4.95. The predicted octanol–water partition coefficient (Wildman–Crippen LogP) is -2.57. The third-order valence-corrected chi connectivity index (χ3v) is 3.83. The molecule has 2 aromatic carbocycles. The highest BCUT2D eigenvalue weighted by molar-refractivity contribution is 5.79. The normalized spacial score (nSPS) is 13.8. The molecular weight excluding hydrogens is 390 g/mol. The molecule has 21 heavy (non-hydrogen) atoms. The fraction of sp³-hybridized carbons (Fsp3) is 0.111. The van der Waals surface area contributed by atoms with Crippen LogP contribution in [0.2, 0.25) is 0 Å². The molecule has 2 aromatic rings. The van der Waals surface area contributed by atoms with Crippen molar-refractivity contribution in [2.45, 2.75) is 13.8 Å². The number of quaternary nitrogens is 1. The summed E-state index contributed by atoms with van der Waals surface area (Å²) in [7, 11) is 0. The average Bonchev–Trinajstić information content (AvgIpc) is 2.77. The van der Waals surface area contributed by atoms with Crippen molar-refractivity contribution in [2.24, 2.45) is 0 Å². The van der Waals surface area contributed by atoms with Gasteiger partial charge in [0, 0.05) is 22.3 Å². The fourth-order valence-electron chi connectivity index (χ4n) is 2.60. The molecule has 0 saturated carbocycles. The van der Waals surface area contributed by atoms with Gasteiger partial charge in [-0.05, 0) is 38.1 Å². The summed E-state index contributed by atoms with van der Waals surface area (Å²) in [6.07, 6.45) is 0. The SMILES string of the molecule is CC1=C(c2ccccc2)[NH2+]C(c2ccccc2)=C1C.[Br-].[Br-]. The molecule has 0 unspecified atom stereocenters. The Morgan fingerprint density at radius 2 is 0.905 bits per heavy atom. The number of hydrogen-bond acceptors (Lipinski definition) is 0. The lowest BCUT2D eigenvalue weighted by Crippen LogP contribution is -3.00. The average molecular weight is 408 g/mol. The van der Waals surface area contributed by atoms with Gasteiger partial charge in [0.25, 0.3) is 0 Å². The summed E-state index contributed by atoms with van der Waals surface area (Å²) >= 11 is 0. The molecule has 0 saturated heterocycles. The summed E-state index contributed by atoms with van der Waals surface area (Å²) in [5, 5.41) is 2.31. The minimum Gasteiger partial charge on any atom is -1.00 e. The Hall–Kier alpha value is -1.16. The largest absolute Gasteiger partial charge is 1.00 e. The van der Waals surface area contributed by atoms with Crippen LogP contribution < -0.4 is 39.3 Å². The molecule has 0 fully saturated rings. The molecule has 1 aliphatic rings. The highest BCUT2D eigenvalue weighted by Gasteiger charge is 2.25. The molecule has 0 radical (unpaired) electrons. The Labute approximate surface area is 147 Å². The fourth-order valence-corrected chi connectivity index (χ4v) is 2.60. The maximum Gasteiger partial charge on any atom is 0.145 e. The summed E-state index contributed by atoms with van der Waals surface area (Å²) in [6.45, 7) is 4.42. The molecule has 0 aromatic heterocycles. The van der Waals surface area contributed by atoms with Crippen LogP contribution >= 0.6 is 0 Å². The van der Waals surface area contributed by atoms with E-state index in [1.165, 1.54) is 33.7 Å². The summed E-state index contributed by atoms with van der Waals surface area (Å²) in [5.74, 6) is 0. The van der Waals surface area contributed by atoms with Crippen LogP contribution in [0.5, 0.6) is 0 Å². The maximum absolute atomic E-state index is 2.31. The van der Waals surface area contributed by atoms with Crippen LogP contribution in [0, 0.1) is 0 Å². The lowest BCUT2D eigenvalue weighted by molar-refractivity contribution is -0.457. The van der Waals surface area contributed by atoms with Crippen molar-refractivity contribution in [3.63, 3.8) is 0 Å². The first-order valence-corrected chi connectivity index (χ1v) is 6.65. The zero-order valence-electron chi connectivity index (χ0n) is 12.1. The van der Waals surface area contributed by atoms with Crippen molar-refractivity contribution in [1.29, 1.82) is 0 Å². The first-order valence-electron chi connectivity index (χ1n) is 6.65. The minimum absolute atomic E-state index is 0. The van der Waals surface area contributed by atoms with Crippen LogP contribution in [0.1, 0.15) is 25.0 Å². The van der Waals surface area contributed by atoms with Crippen molar-refractivity contribution in [2.75, 3.05) is 0 Å². The Bertz CT molecular complexity index is 599. The zero-order valence-corrected chi connectivity index (χ0v) is 15.3. The first kappa shape index (κ1) is 17.9. The van der Waals surface area contributed by atoms with E-state index in [2.05, 4.69) is 79.8 Å². The Balaban J connectivity index is 0.00000110. The number of halogens is 2. The van der Waals surface area contributed by atoms with E-state index >= 15 is 0 Å². The zero-order chi connectivity index (χ0) is 13.2. The summed E-state index contributed by atoms with van der Waals surface area (Å²) in [4.78, 5) is 0. The van der Waals surface area contributed by atoms with Crippen LogP contribution in [-0.4, -0.2) is 0 Å². The smallest absolute Gasteiger partial charge is 0.145 e. The molecule has 0 spiro atoms. The summed E-state index contributed by atoms with van der Waals surface area (Å²) in [5.41, 5.74) is 8.04. The van der Waals surface area contributed by atoms with Gasteiger partial charge >= 0.3 is 0 Å². The van der Waals surface area contributed by atoms with Crippen LogP contribution in [0.4, 0.5) is 0 Å². The van der Waals surface area contributed by atoms with Crippen molar-refractivity contribution < 1.29 is 39.3 Å². The number of nitrogens with two attached hydrogens (primary N) is 1. The molecule has 110 valence electrons. The third kappa shape index (κ3) is 3.54. The van der Waals surface area contributed by atoms with Gasteiger partial charge in [-0.2, -0.15) is 0 Å². The highest BCUT2D eigenvalue weighted by atomic mass is 79.9. The van der Waals surface area contributed by atoms with Gasteiger partial charge in [-0.3, -0.25) is 5.32 Å². The van der Waals surface area contributed by atoms with Gasteiger partial charge in [0.1, 0.15) is 11.4 Å². The van der Waals surface area contributed by atoms with Gasteiger partial charge in [0.15, 0.2) is 0 Å². The van der Waals surface area contributed by atoms with Gasteiger partial charge in [-0.1, -0.05) is 36.4 Å². The molecule has 0 aliphatic carbocycles. The Morgan fingerprint density at radius 3 is 1.24 bits per heavy atom. The van der Waals surface area contributed by atoms with Gasteiger partial charge in [0.2, 0.25) is 0 Å².